The molecular formula is C38H49F2N5O8S. The summed E-state index contributed by atoms with van der Waals surface area (Å²) in [6, 6.07) is 5.59. The number of benzene rings is 1. The highest BCUT2D eigenvalue weighted by Gasteiger charge is 2.62. The fourth-order valence-electron chi connectivity index (χ4n) is 9.03. The summed E-state index contributed by atoms with van der Waals surface area (Å²) in [5.74, 6) is -7.56. The molecule has 0 radical (unpaired) electrons. The highest BCUT2D eigenvalue weighted by molar-refractivity contribution is 7.91. The number of allylic oxidation sites excluding steroid dienone is 1. The number of carbonyl (C=O) groups excluding carboxylic acids is 4. The first-order chi connectivity index (χ1) is 25.7. The zero-order chi connectivity index (χ0) is 38.4. The third-order valence-electron chi connectivity index (χ3n) is 12.2. The van der Waals surface area contributed by atoms with Gasteiger partial charge < -0.3 is 25.1 Å². The zero-order valence-corrected chi connectivity index (χ0v) is 31.1. The van der Waals surface area contributed by atoms with Crippen LogP contribution in [0.3, 0.4) is 0 Å². The van der Waals surface area contributed by atoms with E-state index in [2.05, 4.69) is 10.0 Å². The highest BCUT2D eigenvalue weighted by atomic mass is 32.2. The number of carbonyl (C=O) groups is 5. The second-order valence-electron chi connectivity index (χ2n) is 16.1. The van der Waals surface area contributed by atoms with Crippen molar-refractivity contribution in [3.8, 4) is 0 Å². The molecule has 0 aromatic heterocycles. The number of sulfonamides is 1. The average Bonchev–Trinajstić information content (AvgIpc) is 4.05. The molecule has 2 unspecified atom stereocenters. The van der Waals surface area contributed by atoms with Gasteiger partial charge >= 0.3 is 6.09 Å². The van der Waals surface area contributed by atoms with Crippen molar-refractivity contribution in [2.45, 2.75) is 112 Å². The number of nitrogens with one attached hydrogen (secondary N) is 2. The van der Waals surface area contributed by atoms with Gasteiger partial charge in [0, 0.05) is 50.2 Å². The van der Waals surface area contributed by atoms with Gasteiger partial charge in [0.05, 0.1) is 17.8 Å². The Balaban J connectivity index is 1.22. The fourth-order valence-corrected chi connectivity index (χ4v) is 10.4. The predicted octanol–water partition coefficient (Wildman–Crippen LogP) is 3.75. The SMILES string of the molecule is O=C1N[C@]2(C(=O)NS(=O)(=O)C3CC3)CC2/C=C\CCCCC[C@H](CC(=O)N2CCCC(F)(F)C2)C(=O)N2C[C@H](C3c4ccccc4CCN3C(=O)O)C[C@@H]12. The number of piperidine rings is 1. The van der Waals surface area contributed by atoms with Gasteiger partial charge in [0.25, 0.3) is 11.8 Å². The first kappa shape index (κ1) is 38.2. The van der Waals surface area contributed by atoms with Crippen LogP contribution in [0.5, 0.6) is 0 Å². The summed E-state index contributed by atoms with van der Waals surface area (Å²) in [6.45, 7) is -0.371. The van der Waals surface area contributed by atoms with Crippen molar-refractivity contribution in [2.24, 2.45) is 17.8 Å². The molecule has 13 nitrogen and oxygen atoms in total. The molecule has 0 spiro atoms. The van der Waals surface area contributed by atoms with E-state index < -0.39 is 92.8 Å². The lowest BCUT2D eigenvalue weighted by Gasteiger charge is -2.39. The van der Waals surface area contributed by atoms with E-state index in [1.165, 1.54) is 9.80 Å². The third-order valence-corrected chi connectivity index (χ3v) is 14.0. The molecule has 2 saturated carbocycles. The number of fused-ring (bicyclic) bond motifs is 3. The number of nitrogens with zero attached hydrogens (tertiary/aromatic N) is 3. The van der Waals surface area contributed by atoms with Crippen LogP contribution in [0, 0.1) is 17.8 Å². The summed E-state index contributed by atoms with van der Waals surface area (Å²) in [5.41, 5.74) is 0.169. The van der Waals surface area contributed by atoms with Gasteiger partial charge in [0.1, 0.15) is 11.6 Å². The van der Waals surface area contributed by atoms with Crippen LogP contribution in [0.25, 0.3) is 0 Å². The van der Waals surface area contributed by atoms with Crippen LogP contribution in [0.15, 0.2) is 36.4 Å². The minimum absolute atomic E-state index is 0.0231. The van der Waals surface area contributed by atoms with Crippen molar-refractivity contribution in [1.29, 1.82) is 0 Å². The lowest BCUT2D eigenvalue weighted by molar-refractivity contribution is -0.148. The Morgan fingerprint density at radius 2 is 1.80 bits per heavy atom. The Morgan fingerprint density at radius 3 is 2.54 bits per heavy atom. The number of likely N-dealkylation sites (tertiary alicyclic amines) is 1. The van der Waals surface area contributed by atoms with Gasteiger partial charge in [0.2, 0.25) is 27.7 Å². The highest BCUT2D eigenvalue weighted by Crippen LogP contribution is 2.47. The largest absolute Gasteiger partial charge is 0.465 e. The van der Waals surface area contributed by atoms with Gasteiger partial charge in [-0.2, -0.15) is 0 Å². The predicted molar refractivity (Wildman–Crippen MR) is 191 cm³/mol. The van der Waals surface area contributed by atoms with Crippen molar-refractivity contribution in [1.82, 2.24) is 24.7 Å². The smallest absolute Gasteiger partial charge is 0.407 e. The first-order valence-corrected chi connectivity index (χ1v) is 20.8. The van der Waals surface area contributed by atoms with E-state index in [1.807, 2.05) is 36.4 Å². The number of hydrogen-bond donors (Lipinski definition) is 3. The van der Waals surface area contributed by atoms with E-state index in [4.69, 9.17) is 0 Å². The van der Waals surface area contributed by atoms with Crippen LogP contribution in [0.4, 0.5) is 13.6 Å². The lowest BCUT2D eigenvalue weighted by Crippen LogP contribution is -2.57. The lowest BCUT2D eigenvalue weighted by atomic mass is 9.83. The van der Waals surface area contributed by atoms with E-state index in [9.17, 15) is 46.3 Å². The minimum atomic E-state index is -3.94. The Bertz CT molecular complexity index is 1820. The molecule has 5 amide bonds. The number of hydrogen-bond acceptors (Lipinski definition) is 7. The summed E-state index contributed by atoms with van der Waals surface area (Å²) in [6.07, 6.45) is 6.60. The molecule has 7 rings (SSSR count). The quantitative estimate of drug-likeness (QED) is 0.367. The molecule has 6 aliphatic rings. The normalized spacial score (nSPS) is 32.2. The zero-order valence-electron chi connectivity index (χ0n) is 30.3. The summed E-state index contributed by atoms with van der Waals surface area (Å²) in [7, 11) is -3.94. The second kappa shape index (κ2) is 14.9. The third kappa shape index (κ3) is 7.85. The van der Waals surface area contributed by atoms with E-state index in [-0.39, 0.29) is 58.2 Å². The molecule has 4 fully saturated rings. The molecule has 2 saturated heterocycles. The van der Waals surface area contributed by atoms with Gasteiger partial charge in [-0.25, -0.2) is 22.0 Å². The van der Waals surface area contributed by atoms with E-state index in [0.717, 1.165) is 22.4 Å². The van der Waals surface area contributed by atoms with Crippen LogP contribution < -0.4 is 10.0 Å². The molecule has 1 aromatic carbocycles. The molecule has 4 heterocycles. The fraction of sp³-hybridized carbons (Fsp3) is 0.658. The molecule has 4 aliphatic heterocycles. The standard InChI is InChI=1S/C38H49F2N5O8S/c39-37(40)16-8-17-43(23-37)31(46)20-25-10-4-2-1-3-5-11-27-21-38(27,35(49)42-54(52,53)28-13-14-28)41-33(47)30-19-26(22-45(30)34(25)48)32-29-12-7-6-9-24(29)15-18-44(32)36(50)51/h5-7,9,11-12,25-28,30,32H,1-4,8,10,13-23H2,(H,41,47)(H,42,49)(H,50,51)/b11-5-/t25-,26-,27?,30+,32?,38-/m1/s1. The number of rotatable bonds is 6. The number of carboxylic acid groups (broad SMARTS) is 1. The summed E-state index contributed by atoms with van der Waals surface area (Å²) in [5, 5.41) is 12.5. The topological polar surface area (TPSA) is 174 Å². The van der Waals surface area contributed by atoms with Crippen LogP contribution in [-0.4, -0.2) is 107 Å². The summed E-state index contributed by atoms with van der Waals surface area (Å²) >= 11 is 0. The first-order valence-electron chi connectivity index (χ1n) is 19.3. The van der Waals surface area contributed by atoms with E-state index in [1.54, 1.807) is 0 Å². The van der Waals surface area contributed by atoms with Gasteiger partial charge in [0.15, 0.2) is 0 Å². The van der Waals surface area contributed by atoms with Gasteiger partial charge in [-0.3, -0.25) is 23.9 Å². The Labute approximate surface area is 313 Å². The molecule has 6 atom stereocenters. The van der Waals surface area contributed by atoms with Crippen molar-refractivity contribution >= 4 is 39.7 Å². The molecule has 16 heteroatoms. The summed E-state index contributed by atoms with van der Waals surface area (Å²) < 4.78 is 56.6. The molecule has 3 N–H and O–H groups in total. The number of alkyl halides is 2. The number of halogens is 2. The van der Waals surface area contributed by atoms with E-state index >= 15 is 0 Å². The minimum Gasteiger partial charge on any atom is -0.465 e. The Morgan fingerprint density at radius 1 is 1.02 bits per heavy atom. The molecule has 54 heavy (non-hydrogen) atoms. The van der Waals surface area contributed by atoms with E-state index in [0.29, 0.717) is 38.5 Å². The van der Waals surface area contributed by atoms with Gasteiger partial charge in [-0.1, -0.05) is 49.3 Å². The maximum Gasteiger partial charge on any atom is 0.407 e. The molecule has 1 aromatic rings. The molecule has 0 bridgehead atoms. The van der Waals surface area contributed by atoms with Crippen molar-refractivity contribution in [3.05, 3.63) is 47.5 Å². The average molecular weight is 774 g/mol. The Kier molecular flexibility index (Phi) is 10.5. The molecule has 294 valence electrons. The Hall–Kier alpha value is -4.08. The van der Waals surface area contributed by atoms with Crippen LogP contribution in [0.1, 0.15) is 94.2 Å². The second-order valence-corrected chi connectivity index (χ2v) is 18.0. The van der Waals surface area contributed by atoms with Crippen LogP contribution in [-0.2, 0) is 35.6 Å². The van der Waals surface area contributed by atoms with Crippen molar-refractivity contribution < 1.29 is 46.3 Å². The molecule has 2 aliphatic carbocycles. The number of amides is 5. The van der Waals surface area contributed by atoms with Crippen LogP contribution >= 0.6 is 0 Å². The van der Waals surface area contributed by atoms with Gasteiger partial charge in [-0.05, 0) is 68.9 Å². The van der Waals surface area contributed by atoms with Crippen LogP contribution in [0.2, 0.25) is 0 Å². The van der Waals surface area contributed by atoms with Crippen molar-refractivity contribution in [3.63, 3.8) is 0 Å². The van der Waals surface area contributed by atoms with Crippen molar-refractivity contribution in [2.75, 3.05) is 26.2 Å². The molecular weight excluding hydrogens is 725 g/mol. The maximum atomic E-state index is 14.7. The van der Waals surface area contributed by atoms with Gasteiger partial charge in [-0.15, -0.1) is 0 Å². The summed E-state index contributed by atoms with van der Waals surface area (Å²) in [4.78, 5) is 73.0. The monoisotopic (exact) mass is 773 g/mol. The maximum absolute atomic E-state index is 14.7.